The van der Waals surface area contributed by atoms with E-state index >= 15 is 0 Å². The topological polar surface area (TPSA) is 78.0 Å². The molecule has 1 aromatic heterocycles. The number of hydrogen-bond acceptors (Lipinski definition) is 3. The largest absolute Gasteiger partial charge is 0.507 e. The van der Waals surface area contributed by atoms with Crippen molar-refractivity contribution in [2.45, 2.75) is 20.8 Å². The molecule has 0 saturated heterocycles. The molecule has 0 fully saturated rings. The summed E-state index contributed by atoms with van der Waals surface area (Å²) in [5.41, 5.74) is 3.31. The number of aromatic hydroxyl groups is 1. The normalized spacial score (nSPS) is 10.4. The molecule has 2 aromatic rings. The van der Waals surface area contributed by atoms with Gasteiger partial charge in [-0.15, -0.1) is 0 Å². The molecule has 1 aromatic carbocycles. The second-order valence-corrected chi connectivity index (χ2v) is 4.28. The molecule has 0 unspecified atom stereocenters. The molecule has 0 aliphatic rings. The highest BCUT2D eigenvalue weighted by Gasteiger charge is 2.14. The van der Waals surface area contributed by atoms with Crippen molar-refractivity contribution in [3.05, 3.63) is 40.7 Å². The molecule has 0 radical (unpaired) electrons. The predicted octanol–water partition coefficient (Wildman–Crippen LogP) is 2.29. The Hall–Kier alpha value is -2.30. The van der Waals surface area contributed by atoms with Crippen molar-refractivity contribution in [3.63, 3.8) is 0 Å². The van der Waals surface area contributed by atoms with Gasteiger partial charge in [0.15, 0.2) is 0 Å². The Morgan fingerprint density at radius 1 is 1.33 bits per heavy atom. The van der Waals surface area contributed by atoms with Crippen LogP contribution >= 0.6 is 0 Å². The zero-order valence-corrected chi connectivity index (χ0v) is 10.5. The molecule has 5 heteroatoms. The minimum Gasteiger partial charge on any atom is -0.507 e. The Kier molecular flexibility index (Phi) is 3.06. The van der Waals surface area contributed by atoms with Crippen LogP contribution in [0, 0.1) is 20.8 Å². The lowest BCUT2D eigenvalue weighted by atomic mass is 10.1. The van der Waals surface area contributed by atoms with E-state index in [2.05, 4.69) is 15.5 Å². The second-order valence-electron chi connectivity index (χ2n) is 4.28. The van der Waals surface area contributed by atoms with Gasteiger partial charge in [-0.05, 0) is 38.5 Å². The summed E-state index contributed by atoms with van der Waals surface area (Å²) in [6.45, 7) is 5.48. The maximum absolute atomic E-state index is 12.0. The lowest BCUT2D eigenvalue weighted by Gasteiger charge is -2.07. The predicted molar refractivity (Wildman–Crippen MR) is 68.9 cm³/mol. The standard InChI is InChI=1S/C13H15N3O2/c1-7-4-5-10(11(17)6-7)13(18)14-12-8(2)15-16-9(12)3/h4-6,17H,1-3H3,(H,14,18)(H,15,16). The van der Waals surface area contributed by atoms with Crippen molar-refractivity contribution in [1.29, 1.82) is 0 Å². The summed E-state index contributed by atoms with van der Waals surface area (Å²) >= 11 is 0. The van der Waals surface area contributed by atoms with Crippen LogP contribution in [0.3, 0.4) is 0 Å². The summed E-state index contributed by atoms with van der Waals surface area (Å²) in [7, 11) is 0. The van der Waals surface area contributed by atoms with Gasteiger partial charge in [-0.3, -0.25) is 9.89 Å². The Labute approximate surface area is 105 Å². The zero-order valence-electron chi connectivity index (χ0n) is 10.5. The molecule has 94 valence electrons. The molecule has 2 rings (SSSR count). The number of amides is 1. The lowest BCUT2D eigenvalue weighted by molar-refractivity contribution is 0.102. The van der Waals surface area contributed by atoms with Crippen molar-refractivity contribution < 1.29 is 9.90 Å². The van der Waals surface area contributed by atoms with Crippen molar-refractivity contribution in [1.82, 2.24) is 10.2 Å². The minimum atomic E-state index is -0.347. The highest BCUT2D eigenvalue weighted by atomic mass is 16.3. The van der Waals surface area contributed by atoms with Crippen molar-refractivity contribution in [2.24, 2.45) is 0 Å². The molecule has 0 aliphatic carbocycles. The number of carbonyl (C=O) groups is 1. The molecule has 0 spiro atoms. The van der Waals surface area contributed by atoms with Crippen LogP contribution in [0.5, 0.6) is 5.75 Å². The van der Waals surface area contributed by atoms with E-state index in [1.54, 1.807) is 25.1 Å². The summed E-state index contributed by atoms with van der Waals surface area (Å²) < 4.78 is 0. The van der Waals surface area contributed by atoms with Gasteiger partial charge in [0, 0.05) is 0 Å². The quantitative estimate of drug-likeness (QED) is 0.759. The van der Waals surface area contributed by atoms with Crippen molar-refractivity contribution in [3.8, 4) is 5.75 Å². The fourth-order valence-corrected chi connectivity index (χ4v) is 1.75. The molecule has 0 aliphatic heterocycles. The molecule has 1 amide bonds. The van der Waals surface area contributed by atoms with Crippen molar-refractivity contribution in [2.75, 3.05) is 5.32 Å². The van der Waals surface area contributed by atoms with E-state index in [0.717, 1.165) is 11.3 Å². The highest BCUT2D eigenvalue weighted by Crippen LogP contribution is 2.22. The summed E-state index contributed by atoms with van der Waals surface area (Å²) in [6.07, 6.45) is 0. The van der Waals surface area contributed by atoms with Gasteiger partial charge in [0.05, 0.1) is 22.6 Å². The zero-order chi connectivity index (χ0) is 13.3. The van der Waals surface area contributed by atoms with Crippen LogP contribution < -0.4 is 5.32 Å². The van der Waals surface area contributed by atoms with E-state index in [-0.39, 0.29) is 17.2 Å². The van der Waals surface area contributed by atoms with Crippen LogP contribution in [-0.4, -0.2) is 21.2 Å². The first kappa shape index (κ1) is 12.2. The van der Waals surface area contributed by atoms with Gasteiger partial charge >= 0.3 is 0 Å². The Morgan fingerprint density at radius 3 is 2.61 bits per heavy atom. The molecule has 0 atom stereocenters. The number of nitrogens with zero attached hydrogens (tertiary/aromatic N) is 1. The number of benzene rings is 1. The number of aromatic nitrogens is 2. The number of aryl methyl sites for hydroxylation is 3. The van der Waals surface area contributed by atoms with Crippen LogP contribution in [0.4, 0.5) is 5.69 Å². The first-order valence-electron chi connectivity index (χ1n) is 5.61. The van der Waals surface area contributed by atoms with Crippen LogP contribution in [0.25, 0.3) is 0 Å². The van der Waals surface area contributed by atoms with Gasteiger partial charge in [-0.25, -0.2) is 0 Å². The number of rotatable bonds is 2. The van der Waals surface area contributed by atoms with Gasteiger partial charge in [0.2, 0.25) is 0 Å². The summed E-state index contributed by atoms with van der Waals surface area (Å²) in [4.78, 5) is 12.0. The highest BCUT2D eigenvalue weighted by molar-refractivity contribution is 6.06. The number of hydrogen-bond donors (Lipinski definition) is 3. The number of anilines is 1. The molecule has 0 bridgehead atoms. The van der Waals surface area contributed by atoms with Crippen LogP contribution in [-0.2, 0) is 0 Å². The minimum absolute atomic E-state index is 0.0219. The fraction of sp³-hybridized carbons (Fsp3) is 0.231. The van der Waals surface area contributed by atoms with Crippen LogP contribution in [0.2, 0.25) is 0 Å². The Balaban J connectivity index is 2.28. The maximum atomic E-state index is 12.0. The Bertz CT molecular complexity index is 583. The van der Waals surface area contributed by atoms with Gasteiger partial charge in [0.25, 0.3) is 5.91 Å². The monoisotopic (exact) mass is 245 g/mol. The SMILES string of the molecule is Cc1ccc(C(=O)Nc2c(C)n[nH]c2C)c(O)c1. The van der Waals surface area contributed by atoms with E-state index < -0.39 is 0 Å². The first-order chi connectivity index (χ1) is 8.49. The molecular weight excluding hydrogens is 230 g/mol. The van der Waals surface area contributed by atoms with Crippen LogP contribution in [0.15, 0.2) is 18.2 Å². The van der Waals surface area contributed by atoms with Gasteiger partial charge in [0.1, 0.15) is 5.75 Å². The van der Waals surface area contributed by atoms with E-state index in [1.165, 1.54) is 0 Å². The van der Waals surface area contributed by atoms with Crippen LogP contribution in [0.1, 0.15) is 27.3 Å². The van der Waals surface area contributed by atoms with Gasteiger partial charge < -0.3 is 10.4 Å². The summed E-state index contributed by atoms with van der Waals surface area (Å²) in [6, 6.07) is 4.94. The van der Waals surface area contributed by atoms with Crippen molar-refractivity contribution >= 4 is 11.6 Å². The number of aromatic amines is 1. The summed E-state index contributed by atoms with van der Waals surface area (Å²) in [5, 5.41) is 19.3. The van der Waals surface area contributed by atoms with E-state index in [0.29, 0.717) is 11.4 Å². The fourth-order valence-electron chi connectivity index (χ4n) is 1.75. The number of H-pyrrole nitrogens is 1. The molecule has 5 nitrogen and oxygen atoms in total. The number of phenols is 1. The molecule has 1 heterocycles. The molecular formula is C13H15N3O2. The smallest absolute Gasteiger partial charge is 0.259 e. The van der Waals surface area contributed by atoms with E-state index in [9.17, 15) is 9.90 Å². The van der Waals surface area contributed by atoms with E-state index in [4.69, 9.17) is 0 Å². The molecule has 0 saturated carbocycles. The maximum Gasteiger partial charge on any atom is 0.259 e. The number of phenolic OH excluding ortho intramolecular Hbond substituents is 1. The first-order valence-corrected chi connectivity index (χ1v) is 5.61. The lowest BCUT2D eigenvalue weighted by Crippen LogP contribution is -2.13. The summed E-state index contributed by atoms with van der Waals surface area (Å²) in [5.74, 6) is -0.369. The second kappa shape index (κ2) is 4.52. The molecule has 3 N–H and O–H groups in total. The average Bonchev–Trinajstić information content (AvgIpc) is 2.60. The van der Waals surface area contributed by atoms with Gasteiger partial charge in [-0.2, -0.15) is 5.10 Å². The third-order valence-electron chi connectivity index (χ3n) is 2.76. The average molecular weight is 245 g/mol. The number of nitrogens with one attached hydrogen (secondary N) is 2. The van der Waals surface area contributed by atoms with E-state index in [1.807, 2.05) is 13.8 Å². The number of carbonyl (C=O) groups excluding carboxylic acids is 1. The third-order valence-corrected chi connectivity index (χ3v) is 2.76. The molecule has 18 heavy (non-hydrogen) atoms. The van der Waals surface area contributed by atoms with Gasteiger partial charge in [-0.1, -0.05) is 6.07 Å². The Morgan fingerprint density at radius 2 is 2.06 bits per heavy atom. The third kappa shape index (κ3) is 2.20.